The largest absolute Gasteiger partial charge is 0.398 e. The number of nitrogens with two attached hydrogens (primary N) is 1. The zero-order valence-electron chi connectivity index (χ0n) is 11.7. The molecule has 0 aliphatic heterocycles. The van der Waals surface area contributed by atoms with Crippen molar-refractivity contribution in [3.63, 3.8) is 0 Å². The molecule has 0 radical (unpaired) electrons. The molecule has 2 atom stereocenters. The van der Waals surface area contributed by atoms with E-state index < -0.39 is 16.0 Å². The Morgan fingerprint density at radius 1 is 1.47 bits per heavy atom. The highest BCUT2D eigenvalue weighted by Gasteiger charge is 2.22. The normalized spacial score (nSPS) is 13.8. The van der Waals surface area contributed by atoms with Gasteiger partial charge in [0, 0.05) is 6.54 Å². The van der Waals surface area contributed by atoms with Crippen molar-refractivity contribution in [2.75, 3.05) is 12.3 Å². The van der Waals surface area contributed by atoms with Crippen LogP contribution in [0, 0.1) is 6.92 Å². The highest BCUT2D eigenvalue weighted by atomic mass is 32.2. The number of benzene rings is 1. The third-order valence-corrected chi connectivity index (χ3v) is 4.67. The quantitative estimate of drug-likeness (QED) is 0.619. The Morgan fingerprint density at radius 2 is 2.16 bits per heavy atom. The average Bonchev–Trinajstić information content (AvgIpc) is 2.40. The molecule has 1 aromatic carbocycles. The van der Waals surface area contributed by atoms with Gasteiger partial charge in [0.05, 0.1) is 21.4 Å². The maximum Gasteiger partial charge on any atom is 0.235 e. The Hall–Kier alpha value is -1.36. The summed E-state index contributed by atoms with van der Waals surface area (Å²) in [6.07, 6.45) is 1.94. The molecule has 1 amide bonds. The molecule has 0 saturated carbocycles. The number of aryl methyl sites for hydroxylation is 1. The van der Waals surface area contributed by atoms with Gasteiger partial charge in [0.2, 0.25) is 5.91 Å². The summed E-state index contributed by atoms with van der Waals surface area (Å²) >= 11 is 0. The molecule has 1 rings (SSSR count). The van der Waals surface area contributed by atoms with Crippen molar-refractivity contribution in [2.45, 2.75) is 43.8 Å². The Bertz CT molecular complexity index is 475. The summed E-state index contributed by atoms with van der Waals surface area (Å²) in [6, 6.07) is 5.39. The smallest absolute Gasteiger partial charge is 0.235 e. The van der Waals surface area contributed by atoms with Crippen LogP contribution in [0.4, 0.5) is 5.69 Å². The zero-order chi connectivity index (χ0) is 14.4. The molecular formula is C14H22N2O2S. The molecular weight excluding hydrogens is 260 g/mol. The molecule has 0 saturated heterocycles. The van der Waals surface area contributed by atoms with Gasteiger partial charge < -0.3 is 11.1 Å². The zero-order valence-corrected chi connectivity index (χ0v) is 12.5. The predicted octanol–water partition coefficient (Wildman–Crippen LogP) is 1.99. The number of rotatable bonds is 6. The lowest BCUT2D eigenvalue weighted by atomic mass is 10.2. The van der Waals surface area contributed by atoms with Crippen molar-refractivity contribution in [1.29, 1.82) is 0 Å². The molecule has 0 heterocycles. The second-order valence-electron chi connectivity index (χ2n) is 4.57. The first kappa shape index (κ1) is 15.7. The van der Waals surface area contributed by atoms with Gasteiger partial charge in [-0.3, -0.25) is 9.00 Å². The van der Waals surface area contributed by atoms with Crippen LogP contribution < -0.4 is 11.1 Å². The predicted molar refractivity (Wildman–Crippen MR) is 79.4 cm³/mol. The van der Waals surface area contributed by atoms with Gasteiger partial charge in [-0.2, -0.15) is 0 Å². The van der Waals surface area contributed by atoms with Crippen LogP contribution in [-0.4, -0.2) is 21.9 Å². The van der Waals surface area contributed by atoms with Gasteiger partial charge in [0.1, 0.15) is 5.25 Å². The van der Waals surface area contributed by atoms with E-state index in [0.29, 0.717) is 17.1 Å². The minimum atomic E-state index is -1.42. The van der Waals surface area contributed by atoms with Gasteiger partial charge in [-0.25, -0.2) is 0 Å². The number of amides is 1. The van der Waals surface area contributed by atoms with E-state index in [-0.39, 0.29) is 5.91 Å². The lowest BCUT2D eigenvalue weighted by Crippen LogP contribution is -2.36. The molecule has 0 aliphatic carbocycles. The minimum Gasteiger partial charge on any atom is -0.398 e. The number of carbonyl (C=O) groups is 1. The van der Waals surface area contributed by atoms with Crippen LogP contribution in [0.15, 0.2) is 23.1 Å². The van der Waals surface area contributed by atoms with Crippen LogP contribution in [0.5, 0.6) is 0 Å². The number of unbranched alkanes of at least 4 members (excludes halogenated alkanes) is 1. The molecule has 0 spiro atoms. The fourth-order valence-electron chi connectivity index (χ4n) is 1.65. The van der Waals surface area contributed by atoms with Crippen molar-refractivity contribution in [1.82, 2.24) is 5.32 Å². The van der Waals surface area contributed by atoms with Crippen molar-refractivity contribution in [2.24, 2.45) is 0 Å². The van der Waals surface area contributed by atoms with Crippen molar-refractivity contribution in [3.05, 3.63) is 23.8 Å². The molecule has 0 aromatic heterocycles. The van der Waals surface area contributed by atoms with Gasteiger partial charge in [-0.05, 0) is 31.9 Å². The molecule has 0 bridgehead atoms. The minimum absolute atomic E-state index is 0.187. The van der Waals surface area contributed by atoms with E-state index >= 15 is 0 Å². The van der Waals surface area contributed by atoms with Crippen LogP contribution in [0.1, 0.15) is 32.3 Å². The molecule has 0 fully saturated rings. The second kappa shape index (κ2) is 7.28. The lowest BCUT2D eigenvalue weighted by Gasteiger charge is -2.14. The summed E-state index contributed by atoms with van der Waals surface area (Å²) in [7, 11) is -1.42. The van der Waals surface area contributed by atoms with E-state index in [1.165, 1.54) is 0 Å². The maximum absolute atomic E-state index is 12.4. The number of hydrogen-bond donors (Lipinski definition) is 2. The van der Waals surface area contributed by atoms with E-state index in [0.717, 1.165) is 18.4 Å². The highest BCUT2D eigenvalue weighted by Crippen LogP contribution is 2.22. The molecule has 5 heteroatoms. The molecule has 19 heavy (non-hydrogen) atoms. The maximum atomic E-state index is 12.4. The third kappa shape index (κ3) is 4.06. The van der Waals surface area contributed by atoms with Crippen LogP contribution in [0.25, 0.3) is 0 Å². The average molecular weight is 282 g/mol. The molecule has 0 aliphatic rings. The number of nitrogens with one attached hydrogen (secondary N) is 1. The summed E-state index contributed by atoms with van der Waals surface area (Å²) in [5.41, 5.74) is 7.31. The Labute approximate surface area is 117 Å². The first-order valence-electron chi connectivity index (χ1n) is 6.52. The monoisotopic (exact) mass is 282 g/mol. The Morgan fingerprint density at radius 3 is 2.79 bits per heavy atom. The van der Waals surface area contributed by atoms with Crippen LogP contribution in [0.3, 0.4) is 0 Å². The third-order valence-electron chi connectivity index (χ3n) is 3.02. The number of carbonyl (C=O) groups excluding carboxylic acids is 1. The van der Waals surface area contributed by atoms with Crippen LogP contribution in [-0.2, 0) is 15.6 Å². The fourth-order valence-corrected chi connectivity index (χ4v) is 2.90. The Balaban J connectivity index is 2.76. The summed E-state index contributed by atoms with van der Waals surface area (Å²) in [6.45, 7) is 6.21. The fraction of sp³-hybridized carbons (Fsp3) is 0.500. The number of hydrogen-bond acceptors (Lipinski definition) is 3. The van der Waals surface area contributed by atoms with Gasteiger partial charge in [0.15, 0.2) is 0 Å². The molecule has 4 nitrogen and oxygen atoms in total. The first-order valence-corrected chi connectivity index (χ1v) is 7.73. The van der Waals surface area contributed by atoms with E-state index in [2.05, 4.69) is 12.2 Å². The Kier molecular flexibility index (Phi) is 6.02. The highest BCUT2D eigenvalue weighted by molar-refractivity contribution is 7.86. The number of para-hydroxylation sites is 1. The van der Waals surface area contributed by atoms with E-state index in [9.17, 15) is 9.00 Å². The standard InChI is InChI=1S/C14H22N2O2S/c1-4-5-9-16-14(17)11(3)19(18)12-8-6-7-10(2)13(12)15/h6-8,11H,4-5,9,15H2,1-3H3,(H,16,17). The first-order chi connectivity index (χ1) is 8.99. The second-order valence-corrected chi connectivity index (χ2v) is 6.31. The van der Waals surface area contributed by atoms with Crippen molar-refractivity contribution in [3.8, 4) is 0 Å². The van der Waals surface area contributed by atoms with Gasteiger partial charge in [0.25, 0.3) is 0 Å². The van der Waals surface area contributed by atoms with Gasteiger partial charge in [-0.1, -0.05) is 25.5 Å². The van der Waals surface area contributed by atoms with E-state index in [1.807, 2.05) is 13.0 Å². The molecule has 1 aromatic rings. The summed E-state index contributed by atoms with van der Waals surface area (Å²) in [5.74, 6) is -0.187. The molecule has 2 unspecified atom stereocenters. The van der Waals surface area contributed by atoms with Gasteiger partial charge in [-0.15, -0.1) is 0 Å². The van der Waals surface area contributed by atoms with Crippen LogP contribution in [0.2, 0.25) is 0 Å². The van der Waals surface area contributed by atoms with Crippen molar-refractivity contribution < 1.29 is 9.00 Å². The summed E-state index contributed by atoms with van der Waals surface area (Å²) < 4.78 is 12.4. The summed E-state index contributed by atoms with van der Waals surface area (Å²) in [4.78, 5) is 12.4. The molecule has 106 valence electrons. The van der Waals surface area contributed by atoms with Gasteiger partial charge >= 0.3 is 0 Å². The van der Waals surface area contributed by atoms with Crippen LogP contribution >= 0.6 is 0 Å². The summed E-state index contributed by atoms with van der Waals surface area (Å²) in [5, 5.41) is 2.20. The lowest BCUT2D eigenvalue weighted by molar-refractivity contribution is -0.120. The van der Waals surface area contributed by atoms with E-state index in [4.69, 9.17) is 5.73 Å². The number of anilines is 1. The van der Waals surface area contributed by atoms with E-state index in [1.54, 1.807) is 19.1 Å². The topological polar surface area (TPSA) is 72.2 Å². The molecule has 3 N–H and O–H groups in total. The SMILES string of the molecule is CCCCNC(=O)C(C)S(=O)c1cccc(C)c1N. The number of nitrogen functional groups attached to an aromatic ring is 1. The van der Waals surface area contributed by atoms with Crippen molar-refractivity contribution >= 4 is 22.4 Å².